The number of hydrogen-bond donors (Lipinski definition) is 1. The maximum Gasteiger partial charge on any atom is 0.275 e. The van der Waals surface area contributed by atoms with E-state index in [4.69, 9.17) is 14.2 Å². The highest BCUT2D eigenvalue weighted by Crippen LogP contribution is 2.33. The summed E-state index contributed by atoms with van der Waals surface area (Å²) in [7, 11) is 1.56. The first-order valence-corrected chi connectivity index (χ1v) is 9.73. The molecule has 7 nitrogen and oxygen atoms in total. The van der Waals surface area contributed by atoms with Crippen LogP contribution in [-0.2, 0) is 0 Å². The first-order chi connectivity index (χ1) is 14.5. The molecule has 0 saturated heterocycles. The van der Waals surface area contributed by atoms with E-state index in [1.54, 1.807) is 19.4 Å². The van der Waals surface area contributed by atoms with Crippen molar-refractivity contribution in [3.63, 3.8) is 0 Å². The van der Waals surface area contributed by atoms with Gasteiger partial charge in [-0.2, -0.15) is 0 Å². The van der Waals surface area contributed by atoms with Crippen LogP contribution >= 0.6 is 0 Å². The van der Waals surface area contributed by atoms with Crippen LogP contribution in [0.15, 0.2) is 48.8 Å². The molecule has 1 aromatic heterocycles. The molecule has 156 valence electrons. The molecule has 0 bridgehead atoms. The van der Waals surface area contributed by atoms with E-state index in [0.29, 0.717) is 36.1 Å². The number of carbonyl (C=O) groups is 1. The summed E-state index contributed by atoms with van der Waals surface area (Å²) in [5.74, 6) is 1.60. The molecular weight excluding hydrogens is 382 g/mol. The Balaban J connectivity index is 1.82. The number of hydrogen-bond acceptors (Lipinski definition) is 6. The van der Waals surface area contributed by atoms with Crippen LogP contribution in [0.1, 0.15) is 29.9 Å². The van der Waals surface area contributed by atoms with E-state index in [2.05, 4.69) is 15.3 Å². The molecule has 0 radical (unpaired) electrons. The summed E-state index contributed by atoms with van der Waals surface area (Å²) in [6.45, 7) is 6.85. The fourth-order valence-corrected chi connectivity index (χ4v) is 2.91. The third-order valence-electron chi connectivity index (χ3n) is 4.39. The second-order valence-corrected chi connectivity index (χ2v) is 6.45. The smallest absolute Gasteiger partial charge is 0.275 e. The van der Waals surface area contributed by atoms with Gasteiger partial charge in [-0.3, -0.25) is 9.78 Å². The van der Waals surface area contributed by atoms with E-state index in [1.165, 1.54) is 6.20 Å². The van der Waals surface area contributed by atoms with Gasteiger partial charge in [-0.05, 0) is 56.7 Å². The summed E-state index contributed by atoms with van der Waals surface area (Å²) in [5.41, 5.74) is 3.14. The van der Waals surface area contributed by atoms with Gasteiger partial charge < -0.3 is 19.5 Å². The number of aryl methyl sites for hydroxylation is 1. The van der Waals surface area contributed by atoms with Gasteiger partial charge >= 0.3 is 0 Å². The normalized spacial score (nSPS) is 10.4. The lowest BCUT2D eigenvalue weighted by molar-refractivity contribution is 0.102. The lowest BCUT2D eigenvalue weighted by atomic mass is 10.1. The Hall–Kier alpha value is -3.61. The Bertz CT molecular complexity index is 1020. The Morgan fingerprint density at radius 3 is 2.40 bits per heavy atom. The van der Waals surface area contributed by atoms with Crippen LogP contribution in [0, 0.1) is 6.92 Å². The maximum atomic E-state index is 12.8. The first-order valence-electron chi connectivity index (χ1n) is 9.73. The summed E-state index contributed by atoms with van der Waals surface area (Å²) in [5, 5.41) is 2.88. The second-order valence-electron chi connectivity index (χ2n) is 6.45. The van der Waals surface area contributed by atoms with E-state index in [0.717, 1.165) is 16.9 Å². The lowest BCUT2D eigenvalue weighted by Gasteiger charge is -2.14. The number of amides is 1. The van der Waals surface area contributed by atoms with Crippen LogP contribution in [0.5, 0.6) is 17.2 Å². The number of anilines is 1. The fourth-order valence-electron chi connectivity index (χ4n) is 2.91. The quantitative estimate of drug-likeness (QED) is 0.592. The van der Waals surface area contributed by atoms with Gasteiger partial charge in [-0.25, -0.2) is 4.98 Å². The minimum absolute atomic E-state index is 0.216. The minimum atomic E-state index is -0.357. The van der Waals surface area contributed by atoms with Crippen molar-refractivity contribution in [2.24, 2.45) is 0 Å². The van der Waals surface area contributed by atoms with E-state index >= 15 is 0 Å². The molecule has 0 spiro atoms. The minimum Gasteiger partial charge on any atom is -0.494 e. The topological polar surface area (TPSA) is 82.6 Å². The van der Waals surface area contributed by atoms with Crippen molar-refractivity contribution in [3.8, 4) is 28.5 Å². The molecule has 0 aliphatic carbocycles. The molecular formula is C23H25N3O4. The predicted octanol–water partition coefficient (Wildman–Crippen LogP) is 4.51. The van der Waals surface area contributed by atoms with E-state index in [-0.39, 0.29) is 11.6 Å². The first kappa shape index (κ1) is 21.1. The molecule has 0 unspecified atom stereocenters. The molecule has 0 saturated carbocycles. The second kappa shape index (κ2) is 9.73. The molecule has 7 heteroatoms. The van der Waals surface area contributed by atoms with Crippen molar-refractivity contribution in [2.75, 3.05) is 25.6 Å². The van der Waals surface area contributed by atoms with Gasteiger partial charge in [0, 0.05) is 17.3 Å². The van der Waals surface area contributed by atoms with Gasteiger partial charge in [-0.15, -0.1) is 0 Å². The van der Waals surface area contributed by atoms with Crippen LogP contribution in [0.25, 0.3) is 11.3 Å². The highest BCUT2D eigenvalue weighted by atomic mass is 16.5. The standard InChI is InChI=1S/C23H25N3O4/c1-5-29-17-9-7-16(8-10-17)19-13-24-14-20(25-19)23(27)26-18-12-21(28-4)22(30-6-2)11-15(18)3/h7-14H,5-6H2,1-4H3,(H,26,27). The van der Waals surface area contributed by atoms with Crippen LogP contribution in [-0.4, -0.2) is 36.2 Å². The van der Waals surface area contributed by atoms with Gasteiger partial charge in [0.2, 0.25) is 0 Å². The van der Waals surface area contributed by atoms with Crippen LogP contribution in [0.3, 0.4) is 0 Å². The molecule has 3 aromatic rings. The van der Waals surface area contributed by atoms with Gasteiger partial charge in [0.25, 0.3) is 5.91 Å². The summed E-state index contributed by atoms with van der Waals surface area (Å²) in [4.78, 5) is 21.4. The molecule has 1 heterocycles. The highest BCUT2D eigenvalue weighted by molar-refractivity contribution is 6.03. The molecule has 30 heavy (non-hydrogen) atoms. The molecule has 1 amide bonds. The zero-order valence-electron chi connectivity index (χ0n) is 17.6. The van der Waals surface area contributed by atoms with Crippen molar-refractivity contribution in [1.29, 1.82) is 0 Å². The average molecular weight is 407 g/mol. The van der Waals surface area contributed by atoms with Crippen molar-refractivity contribution in [1.82, 2.24) is 9.97 Å². The number of ether oxygens (including phenoxy) is 3. The van der Waals surface area contributed by atoms with Crippen molar-refractivity contribution < 1.29 is 19.0 Å². The molecule has 0 aliphatic heterocycles. The zero-order chi connectivity index (χ0) is 21.5. The number of nitrogens with zero attached hydrogens (tertiary/aromatic N) is 2. The number of methoxy groups -OCH3 is 1. The van der Waals surface area contributed by atoms with Gasteiger partial charge in [0.1, 0.15) is 11.4 Å². The number of benzene rings is 2. The largest absolute Gasteiger partial charge is 0.494 e. The highest BCUT2D eigenvalue weighted by Gasteiger charge is 2.15. The van der Waals surface area contributed by atoms with Crippen LogP contribution in [0.2, 0.25) is 0 Å². The summed E-state index contributed by atoms with van der Waals surface area (Å²) in [6.07, 6.45) is 3.06. The Morgan fingerprint density at radius 2 is 1.73 bits per heavy atom. The van der Waals surface area contributed by atoms with Crippen LogP contribution < -0.4 is 19.5 Å². The third kappa shape index (κ3) is 4.86. The van der Waals surface area contributed by atoms with E-state index in [9.17, 15) is 4.79 Å². The Kier molecular flexibility index (Phi) is 6.85. The van der Waals surface area contributed by atoms with Crippen LogP contribution in [0.4, 0.5) is 5.69 Å². The molecule has 0 atom stereocenters. The average Bonchev–Trinajstić information content (AvgIpc) is 2.76. The third-order valence-corrected chi connectivity index (χ3v) is 4.39. The van der Waals surface area contributed by atoms with E-state index < -0.39 is 0 Å². The number of aromatic nitrogens is 2. The van der Waals surface area contributed by atoms with Gasteiger partial charge in [0.05, 0.1) is 38.4 Å². The van der Waals surface area contributed by atoms with Gasteiger partial charge in [0.15, 0.2) is 11.5 Å². The van der Waals surface area contributed by atoms with Crippen molar-refractivity contribution >= 4 is 11.6 Å². The Morgan fingerprint density at radius 1 is 1.00 bits per heavy atom. The lowest BCUT2D eigenvalue weighted by Crippen LogP contribution is -2.15. The van der Waals surface area contributed by atoms with Crippen molar-refractivity contribution in [3.05, 3.63) is 60.0 Å². The molecule has 0 fully saturated rings. The Labute approximate surface area is 176 Å². The maximum absolute atomic E-state index is 12.8. The molecule has 3 rings (SSSR count). The predicted molar refractivity (Wildman–Crippen MR) is 115 cm³/mol. The van der Waals surface area contributed by atoms with E-state index in [1.807, 2.05) is 51.1 Å². The summed E-state index contributed by atoms with van der Waals surface area (Å²) in [6, 6.07) is 11.1. The monoisotopic (exact) mass is 407 g/mol. The summed E-state index contributed by atoms with van der Waals surface area (Å²) >= 11 is 0. The zero-order valence-corrected chi connectivity index (χ0v) is 17.6. The molecule has 2 aromatic carbocycles. The van der Waals surface area contributed by atoms with Crippen molar-refractivity contribution in [2.45, 2.75) is 20.8 Å². The number of carbonyl (C=O) groups excluding carboxylic acids is 1. The van der Waals surface area contributed by atoms with Gasteiger partial charge in [-0.1, -0.05) is 0 Å². The number of rotatable bonds is 8. The fraction of sp³-hybridized carbons (Fsp3) is 0.261. The molecule has 0 aliphatic rings. The number of nitrogens with one attached hydrogen (secondary N) is 1. The molecule has 1 N–H and O–H groups in total. The summed E-state index contributed by atoms with van der Waals surface area (Å²) < 4.78 is 16.4. The SMILES string of the molecule is CCOc1ccc(-c2cncc(C(=O)Nc3cc(OC)c(OCC)cc3C)n2)cc1.